The smallest absolute Gasteiger partial charge is 0.414 e. The molecule has 6 heteroatoms. The highest BCUT2D eigenvalue weighted by molar-refractivity contribution is 5.97. The van der Waals surface area contributed by atoms with Gasteiger partial charge < -0.3 is 9.47 Å². The first-order valence-corrected chi connectivity index (χ1v) is 4.44. The van der Waals surface area contributed by atoms with Crippen LogP contribution in [-0.2, 0) is 19.1 Å². The Bertz CT molecular complexity index is 362. The largest absolute Gasteiger partial charge is 0.452 e. The fourth-order valence-electron chi connectivity index (χ4n) is 1.61. The molecule has 0 N–H and O–H groups in total. The number of hydrogen-bond donors (Lipinski definition) is 0. The topological polar surface area (TPSA) is 72.9 Å². The predicted molar refractivity (Wildman–Crippen MR) is 46.7 cm³/mol. The zero-order chi connectivity index (χ0) is 11.0. The molecule has 80 valence electrons. The van der Waals surface area contributed by atoms with Crippen LogP contribution in [-0.4, -0.2) is 41.5 Å². The van der Waals surface area contributed by atoms with Crippen molar-refractivity contribution in [3.63, 3.8) is 0 Å². The van der Waals surface area contributed by atoms with Crippen molar-refractivity contribution in [3.8, 4) is 0 Å². The summed E-state index contributed by atoms with van der Waals surface area (Å²) in [4.78, 5) is 34.6. The van der Waals surface area contributed by atoms with E-state index in [4.69, 9.17) is 9.47 Å². The second-order valence-electron chi connectivity index (χ2n) is 3.30. The first kappa shape index (κ1) is 9.70. The molecule has 0 aromatic rings. The monoisotopic (exact) mass is 211 g/mol. The summed E-state index contributed by atoms with van der Waals surface area (Å²) in [6, 6.07) is -0.529. The van der Waals surface area contributed by atoms with Crippen LogP contribution < -0.4 is 0 Å². The van der Waals surface area contributed by atoms with E-state index in [2.05, 4.69) is 0 Å². The number of ketones is 1. The quantitative estimate of drug-likeness (QED) is 0.563. The number of carbonyl (C=O) groups is 3. The average molecular weight is 211 g/mol. The van der Waals surface area contributed by atoms with Crippen LogP contribution in [0, 0.1) is 0 Å². The van der Waals surface area contributed by atoms with Crippen LogP contribution in [0.25, 0.3) is 0 Å². The highest BCUT2D eigenvalue weighted by Crippen LogP contribution is 2.22. The Morgan fingerprint density at radius 1 is 1.60 bits per heavy atom. The van der Waals surface area contributed by atoms with E-state index in [1.165, 1.54) is 24.1 Å². The van der Waals surface area contributed by atoms with Gasteiger partial charge in [-0.05, 0) is 0 Å². The molecule has 0 aromatic carbocycles. The molecule has 2 heterocycles. The lowest BCUT2D eigenvalue weighted by Gasteiger charge is -2.27. The molecule has 0 aromatic heterocycles. The first-order chi connectivity index (χ1) is 7.09. The van der Waals surface area contributed by atoms with Crippen molar-refractivity contribution in [2.45, 2.75) is 19.1 Å². The van der Waals surface area contributed by atoms with E-state index in [1.54, 1.807) is 0 Å². The van der Waals surface area contributed by atoms with Gasteiger partial charge in [0.25, 0.3) is 0 Å². The maximum absolute atomic E-state index is 11.4. The van der Waals surface area contributed by atoms with Gasteiger partial charge in [0.05, 0.1) is 0 Å². The minimum absolute atomic E-state index is 0.0624. The molecule has 1 fully saturated rings. The molecule has 1 amide bonds. The molecule has 0 radical (unpaired) electrons. The van der Waals surface area contributed by atoms with Gasteiger partial charge >= 0.3 is 12.1 Å². The van der Waals surface area contributed by atoms with Gasteiger partial charge in [0.1, 0.15) is 12.6 Å². The molecule has 0 saturated carbocycles. The highest BCUT2D eigenvalue weighted by Gasteiger charge is 2.44. The van der Waals surface area contributed by atoms with Crippen molar-refractivity contribution in [2.24, 2.45) is 0 Å². The maximum atomic E-state index is 11.4. The number of ether oxygens (including phenoxy) is 2. The molecule has 0 bridgehead atoms. The zero-order valence-electron chi connectivity index (χ0n) is 8.00. The molecule has 0 aliphatic carbocycles. The van der Waals surface area contributed by atoms with Crippen LogP contribution in [0.1, 0.15) is 6.92 Å². The van der Waals surface area contributed by atoms with Crippen LogP contribution in [0.15, 0.2) is 12.3 Å². The lowest BCUT2D eigenvalue weighted by molar-refractivity contribution is -0.154. The van der Waals surface area contributed by atoms with E-state index < -0.39 is 24.2 Å². The number of cyclic esters (lactones) is 1. The SMILES string of the molecule is CC(=O)O[C@H]1C(=O)C=CN2C(=O)OC[C@H]12. The fourth-order valence-corrected chi connectivity index (χ4v) is 1.61. The summed E-state index contributed by atoms with van der Waals surface area (Å²) < 4.78 is 9.60. The average Bonchev–Trinajstić information content (AvgIpc) is 2.52. The summed E-state index contributed by atoms with van der Waals surface area (Å²) in [5.41, 5.74) is 0. The van der Waals surface area contributed by atoms with E-state index >= 15 is 0 Å². The van der Waals surface area contributed by atoms with Crippen molar-refractivity contribution in [3.05, 3.63) is 12.3 Å². The number of nitrogens with zero attached hydrogens (tertiary/aromatic N) is 1. The second kappa shape index (κ2) is 3.38. The van der Waals surface area contributed by atoms with Crippen molar-refractivity contribution in [2.75, 3.05) is 6.61 Å². The Kier molecular flexibility index (Phi) is 2.18. The van der Waals surface area contributed by atoms with Gasteiger partial charge in [0, 0.05) is 19.2 Å². The normalized spacial score (nSPS) is 28.7. The Morgan fingerprint density at radius 3 is 3.00 bits per heavy atom. The molecule has 15 heavy (non-hydrogen) atoms. The second-order valence-corrected chi connectivity index (χ2v) is 3.30. The maximum Gasteiger partial charge on any atom is 0.414 e. The molecular weight excluding hydrogens is 202 g/mol. The standard InChI is InChI=1S/C9H9NO5/c1-5(11)15-8-6-4-14-9(13)10(6)3-2-7(8)12/h2-3,6,8H,4H2,1H3/t6-,8-/m1/s1. The van der Waals surface area contributed by atoms with Crippen molar-refractivity contribution < 1.29 is 23.9 Å². The van der Waals surface area contributed by atoms with Crippen molar-refractivity contribution >= 4 is 17.8 Å². The lowest BCUT2D eigenvalue weighted by atomic mass is 10.0. The molecular formula is C9H9NO5. The van der Waals surface area contributed by atoms with E-state index in [-0.39, 0.29) is 12.4 Å². The lowest BCUT2D eigenvalue weighted by Crippen LogP contribution is -2.48. The first-order valence-electron chi connectivity index (χ1n) is 4.44. The summed E-state index contributed by atoms with van der Waals surface area (Å²) in [6.07, 6.45) is 1.08. The molecule has 1 saturated heterocycles. The molecule has 2 atom stereocenters. The van der Waals surface area contributed by atoms with Crippen molar-refractivity contribution in [1.82, 2.24) is 4.90 Å². The predicted octanol–water partition coefficient (Wildman–Crippen LogP) is -0.165. The summed E-state index contributed by atoms with van der Waals surface area (Å²) in [7, 11) is 0. The molecule has 2 aliphatic rings. The summed E-state index contributed by atoms with van der Waals surface area (Å²) in [5, 5.41) is 0. The number of hydrogen-bond acceptors (Lipinski definition) is 5. The Hall–Kier alpha value is -1.85. The third-order valence-corrected chi connectivity index (χ3v) is 2.27. The number of esters is 1. The van der Waals surface area contributed by atoms with Gasteiger partial charge in [-0.15, -0.1) is 0 Å². The zero-order valence-corrected chi connectivity index (χ0v) is 8.00. The third-order valence-electron chi connectivity index (χ3n) is 2.27. The number of amides is 1. The van der Waals surface area contributed by atoms with Gasteiger partial charge in [0.15, 0.2) is 11.9 Å². The van der Waals surface area contributed by atoms with Crippen LogP contribution in [0.4, 0.5) is 4.79 Å². The molecule has 0 unspecified atom stereocenters. The van der Waals surface area contributed by atoms with E-state index in [0.29, 0.717) is 0 Å². The molecule has 2 rings (SSSR count). The van der Waals surface area contributed by atoms with Crippen LogP contribution in [0.2, 0.25) is 0 Å². The van der Waals surface area contributed by atoms with Gasteiger partial charge in [-0.25, -0.2) is 4.79 Å². The number of carbonyl (C=O) groups excluding carboxylic acids is 3. The van der Waals surface area contributed by atoms with Gasteiger partial charge in [0.2, 0.25) is 0 Å². The van der Waals surface area contributed by atoms with Gasteiger partial charge in [-0.2, -0.15) is 0 Å². The molecule has 2 aliphatic heterocycles. The summed E-state index contributed by atoms with van der Waals surface area (Å²) in [5.74, 6) is -0.882. The number of rotatable bonds is 1. The third kappa shape index (κ3) is 1.58. The van der Waals surface area contributed by atoms with E-state index in [0.717, 1.165) is 0 Å². The van der Waals surface area contributed by atoms with Gasteiger partial charge in [-0.3, -0.25) is 14.5 Å². The fraction of sp³-hybridized carbons (Fsp3) is 0.444. The Labute approximate surface area is 85.4 Å². The van der Waals surface area contributed by atoms with Crippen LogP contribution >= 0.6 is 0 Å². The summed E-state index contributed by atoms with van der Waals surface area (Å²) in [6.45, 7) is 1.28. The minimum Gasteiger partial charge on any atom is -0.452 e. The Morgan fingerprint density at radius 2 is 2.33 bits per heavy atom. The van der Waals surface area contributed by atoms with Gasteiger partial charge in [-0.1, -0.05) is 0 Å². The Balaban J connectivity index is 2.23. The van der Waals surface area contributed by atoms with Crippen LogP contribution in [0.5, 0.6) is 0 Å². The summed E-state index contributed by atoms with van der Waals surface area (Å²) >= 11 is 0. The van der Waals surface area contributed by atoms with E-state index in [1.807, 2.05) is 0 Å². The van der Waals surface area contributed by atoms with Crippen LogP contribution in [0.3, 0.4) is 0 Å². The number of fused-ring (bicyclic) bond motifs is 1. The van der Waals surface area contributed by atoms with Crippen molar-refractivity contribution in [1.29, 1.82) is 0 Å². The molecule has 0 spiro atoms. The van der Waals surface area contributed by atoms with E-state index in [9.17, 15) is 14.4 Å². The highest BCUT2D eigenvalue weighted by atomic mass is 16.6. The minimum atomic E-state index is -0.945. The molecule has 6 nitrogen and oxygen atoms in total.